The van der Waals surface area contributed by atoms with E-state index in [1.54, 1.807) is 0 Å². The molecule has 0 saturated carbocycles. The van der Waals surface area contributed by atoms with Crippen LogP contribution in [0.3, 0.4) is 0 Å². The minimum atomic E-state index is 0.183. The van der Waals surface area contributed by atoms with E-state index in [2.05, 4.69) is 51.8 Å². The van der Waals surface area contributed by atoms with Gasteiger partial charge in [0.05, 0.1) is 6.61 Å². The van der Waals surface area contributed by atoms with Crippen molar-refractivity contribution >= 4 is 0 Å². The van der Waals surface area contributed by atoms with Crippen LogP contribution in [0.2, 0.25) is 0 Å². The first-order chi connectivity index (χ1) is 9.84. The molecule has 0 radical (unpaired) electrons. The van der Waals surface area contributed by atoms with Gasteiger partial charge in [0.2, 0.25) is 0 Å². The molecule has 3 heteroatoms. The quantitative estimate of drug-likeness (QED) is 0.704. The van der Waals surface area contributed by atoms with E-state index in [0.717, 1.165) is 32.2 Å². The van der Waals surface area contributed by atoms with Crippen LogP contribution in [0.5, 0.6) is 0 Å². The van der Waals surface area contributed by atoms with Gasteiger partial charge in [0.25, 0.3) is 0 Å². The normalized spacial score (nSPS) is 23.4. The maximum Gasteiger partial charge on any atom is 0.0547 e. The molecule has 3 nitrogen and oxygen atoms in total. The van der Waals surface area contributed by atoms with E-state index < -0.39 is 0 Å². The molecule has 1 N–H and O–H groups in total. The molecule has 21 heavy (non-hydrogen) atoms. The van der Waals surface area contributed by atoms with Crippen LogP contribution in [-0.4, -0.2) is 49.8 Å². The van der Waals surface area contributed by atoms with Crippen LogP contribution in [0.15, 0.2) is 0 Å². The summed E-state index contributed by atoms with van der Waals surface area (Å²) in [7, 11) is 0. The smallest absolute Gasteiger partial charge is 0.0547 e. The Bertz CT molecular complexity index is 275. The van der Waals surface area contributed by atoms with Crippen molar-refractivity contribution in [1.82, 2.24) is 10.2 Å². The molecule has 1 unspecified atom stereocenters. The summed E-state index contributed by atoms with van der Waals surface area (Å²) in [5.41, 5.74) is 0.483. The lowest BCUT2D eigenvalue weighted by Gasteiger charge is -2.37. The lowest BCUT2D eigenvalue weighted by Crippen LogP contribution is -2.50. The topological polar surface area (TPSA) is 24.5 Å². The number of hydrogen-bond donors (Lipinski definition) is 1. The summed E-state index contributed by atoms with van der Waals surface area (Å²) in [6, 6.07) is 0. The molecular weight excluding hydrogens is 260 g/mol. The standard InChI is InChI=1S/C18H38N2O/c1-7-16(8-2)12-20(9-3)14-18(10-11-21-15-18)13-19-17(4,5)6/h16,19H,7-15H2,1-6H3. The van der Waals surface area contributed by atoms with Gasteiger partial charge in [0.1, 0.15) is 0 Å². The van der Waals surface area contributed by atoms with Gasteiger partial charge < -0.3 is 15.0 Å². The van der Waals surface area contributed by atoms with Gasteiger partial charge in [-0.1, -0.05) is 33.6 Å². The Hall–Kier alpha value is -0.120. The van der Waals surface area contributed by atoms with Crippen LogP contribution in [-0.2, 0) is 4.74 Å². The SMILES string of the molecule is CCC(CC)CN(CC)CC1(CNC(C)(C)C)CCOC1. The first-order valence-corrected chi connectivity index (χ1v) is 8.89. The molecule has 1 aliphatic heterocycles. The van der Waals surface area contributed by atoms with Crippen LogP contribution in [0, 0.1) is 11.3 Å². The third-order valence-electron chi connectivity index (χ3n) is 4.86. The van der Waals surface area contributed by atoms with Crippen molar-refractivity contribution < 1.29 is 4.74 Å². The van der Waals surface area contributed by atoms with Gasteiger partial charge in [-0.15, -0.1) is 0 Å². The summed E-state index contributed by atoms with van der Waals surface area (Å²) in [6.07, 6.45) is 3.77. The van der Waals surface area contributed by atoms with Gasteiger partial charge in [-0.05, 0) is 39.7 Å². The van der Waals surface area contributed by atoms with Crippen molar-refractivity contribution in [2.24, 2.45) is 11.3 Å². The molecule has 0 bridgehead atoms. The predicted molar refractivity (Wildman–Crippen MR) is 91.8 cm³/mol. The van der Waals surface area contributed by atoms with Gasteiger partial charge in [-0.25, -0.2) is 0 Å². The first-order valence-electron chi connectivity index (χ1n) is 8.89. The van der Waals surface area contributed by atoms with Gasteiger partial charge in [-0.3, -0.25) is 0 Å². The molecule has 1 atom stereocenters. The molecular formula is C18H38N2O. The summed E-state index contributed by atoms with van der Waals surface area (Å²) < 4.78 is 5.76. The molecule has 0 aromatic heterocycles. The fourth-order valence-corrected chi connectivity index (χ4v) is 3.11. The Labute approximate surface area is 132 Å². The molecule has 1 heterocycles. The monoisotopic (exact) mass is 298 g/mol. The molecule has 0 amide bonds. The molecule has 126 valence electrons. The predicted octanol–water partition coefficient (Wildman–Crippen LogP) is 3.54. The highest BCUT2D eigenvalue weighted by Crippen LogP contribution is 2.30. The zero-order chi connectivity index (χ0) is 15.9. The molecule has 1 rings (SSSR count). The van der Waals surface area contributed by atoms with Crippen LogP contribution in [0.4, 0.5) is 0 Å². The summed E-state index contributed by atoms with van der Waals surface area (Å²) in [4.78, 5) is 2.65. The molecule has 1 saturated heterocycles. The Kier molecular flexibility index (Phi) is 7.66. The second-order valence-corrected chi connectivity index (χ2v) is 7.92. The second kappa shape index (κ2) is 8.50. The van der Waals surface area contributed by atoms with Gasteiger partial charge in [0, 0.05) is 37.2 Å². The minimum absolute atomic E-state index is 0.183. The fraction of sp³-hybridized carbons (Fsp3) is 1.00. The van der Waals surface area contributed by atoms with E-state index in [0.29, 0.717) is 5.41 Å². The van der Waals surface area contributed by atoms with Crippen LogP contribution in [0.25, 0.3) is 0 Å². The van der Waals surface area contributed by atoms with Gasteiger partial charge >= 0.3 is 0 Å². The molecule has 0 aromatic carbocycles. The zero-order valence-electron chi connectivity index (χ0n) is 15.3. The number of nitrogens with zero attached hydrogens (tertiary/aromatic N) is 1. The van der Waals surface area contributed by atoms with Crippen molar-refractivity contribution in [1.29, 1.82) is 0 Å². The minimum Gasteiger partial charge on any atom is -0.381 e. The number of nitrogens with one attached hydrogen (secondary N) is 1. The third-order valence-corrected chi connectivity index (χ3v) is 4.86. The van der Waals surface area contributed by atoms with E-state index >= 15 is 0 Å². The van der Waals surface area contributed by atoms with Gasteiger partial charge in [0.15, 0.2) is 0 Å². The highest BCUT2D eigenvalue weighted by atomic mass is 16.5. The summed E-state index contributed by atoms with van der Waals surface area (Å²) in [5.74, 6) is 0.833. The van der Waals surface area contributed by atoms with Crippen LogP contribution in [0.1, 0.15) is 60.8 Å². The molecule has 1 fully saturated rings. The second-order valence-electron chi connectivity index (χ2n) is 7.92. The fourth-order valence-electron chi connectivity index (χ4n) is 3.11. The average Bonchev–Trinajstić information content (AvgIpc) is 2.89. The van der Waals surface area contributed by atoms with Crippen molar-refractivity contribution in [3.63, 3.8) is 0 Å². The van der Waals surface area contributed by atoms with Crippen molar-refractivity contribution in [2.75, 3.05) is 39.4 Å². The lowest BCUT2D eigenvalue weighted by molar-refractivity contribution is 0.0961. The van der Waals surface area contributed by atoms with Crippen molar-refractivity contribution in [2.45, 2.75) is 66.3 Å². The lowest BCUT2D eigenvalue weighted by atomic mass is 9.85. The summed E-state index contributed by atoms with van der Waals surface area (Å²) >= 11 is 0. The maximum absolute atomic E-state index is 5.76. The Morgan fingerprint density at radius 2 is 1.86 bits per heavy atom. The Morgan fingerprint density at radius 3 is 2.29 bits per heavy atom. The van der Waals surface area contributed by atoms with E-state index in [9.17, 15) is 0 Å². The average molecular weight is 299 g/mol. The number of hydrogen-bond acceptors (Lipinski definition) is 3. The third kappa shape index (κ3) is 6.66. The highest BCUT2D eigenvalue weighted by molar-refractivity contribution is 4.90. The number of ether oxygens (including phenoxy) is 1. The molecule has 0 aromatic rings. The molecule has 1 aliphatic rings. The largest absolute Gasteiger partial charge is 0.381 e. The van der Waals surface area contributed by atoms with Crippen LogP contribution < -0.4 is 5.32 Å². The first kappa shape index (κ1) is 18.9. The summed E-state index contributed by atoms with van der Waals surface area (Å²) in [5, 5.41) is 3.71. The van der Waals surface area contributed by atoms with E-state index in [1.165, 1.54) is 32.4 Å². The maximum atomic E-state index is 5.76. The van der Waals surface area contributed by atoms with Gasteiger partial charge in [-0.2, -0.15) is 0 Å². The Balaban J connectivity index is 2.62. The van der Waals surface area contributed by atoms with E-state index in [4.69, 9.17) is 4.74 Å². The zero-order valence-corrected chi connectivity index (χ0v) is 15.3. The number of rotatable bonds is 9. The van der Waals surface area contributed by atoms with Crippen molar-refractivity contribution in [3.8, 4) is 0 Å². The summed E-state index contributed by atoms with van der Waals surface area (Å²) in [6.45, 7) is 20.1. The van der Waals surface area contributed by atoms with Crippen molar-refractivity contribution in [3.05, 3.63) is 0 Å². The van der Waals surface area contributed by atoms with Crippen LogP contribution >= 0.6 is 0 Å². The highest BCUT2D eigenvalue weighted by Gasteiger charge is 2.37. The molecule has 0 aliphatic carbocycles. The molecule has 0 spiro atoms. The van der Waals surface area contributed by atoms with E-state index in [-0.39, 0.29) is 5.54 Å². The Morgan fingerprint density at radius 1 is 1.19 bits per heavy atom. The van der Waals surface area contributed by atoms with E-state index in [1.807, 2.05) is 0 Å².